The number of hydrogen-bond donors (Lipinski definition) is 2. The van der Waals surface area contributed by atoms with Crippen LogP contribution in [0, 0.1) is 0 Å². The van der Waals surface area contributed by atoms with Gasteiger partial charge in [0.15, 0.2) is 6.10 Å². The van der Waals surface area contributed by atoms with E-state index < -0.39 is 30.8 Å². The molecule has 222 valence electrons. The third-order valence-electron chi connectivity index (χ3n) is 8.15. The molecule has 3 aromatic rings. The van der Waals surface area contributed by atoms with Crippen LogP contribution in [0.2, 0.25) is 5.02 Å². The van der Waals surface area contributed by atoms with Gasteiger partial charge in [0.05, 0.1) is 16.7 Å². The van der Waals surface area contributed by atoms with Crippen LogP contribution in [0.4, 0.5) is 28.4 Å². The van der Waals surface area contributed by atoms with Crippen LogP contribution < -0.4 is 5.32 Å². The molecule has 10 nitrogen and oxygen atoms in total. The monoisotopic (exact) mass is 604 g/mol. The number of fused-ring (bicyclic) bond motifs is 4. The van der Waals surface area contributed by atoms with Gasteiger partial charge in [-0.1, -0.05) is 29.8 Å². The molecule has 4 amide bonds. The fraction of sp³-hybridized carbons (Fsp3) is 0.429. The van der Waals surface area contributed by atoms with Gasteiger partial charge in [0.1, 0.15) is 6.54 Å². The van der Waals surface area contributed by atoms with E-state index in [0.29, 0.717) is 57.8 Å². The van der Waals surface area contributed by atoms with E-state index in [-0.39, 0.29) is 38.1 Å². The van der Waals surface area contributed by atoms with Crippen molar-refractivity contribution in [3.63, 3.8) is 0 Å². The molecule has 1 aromatic heterocycles. The predicted molar refractivity (Wildman–Crippen MR) is 147 cm³/mol. The molecule has 2 N–H and O–H groups in total. The lowest BCUT2D eigenvalue weighted by atomic mass is 9.99. The molecular weight excluding hydrogens is 577 g/mol. The average molecular weight is 605 g/mol. The number of carbonyl (C=O) groups excluding carboxylic acids is 3. The minimum absolute atomic E-state index is 0.100. The lowest BCUT2D eigenvalue weighted by Crippen LogP contribution is -2.51. The van der Waals surface area contributed by atoms with Crippen molar-refractivity contribution in [3.8, 4) is 0 Å². The molecule has 0 unspecified atom stereocenters. The predicted octanol–water partition coefficient (Wildman–Crippen LogP) is 4.72. The molecule has 3 aliphatic heterocycles. The van der Waals surface area contributed by atoms with Crippen LogP contribution in [0.15, 0.2) is 36.5 Å². The number of ether oxygens (including phenoxy) is 1. The van der Waals surface area contributed by atoms with E-state index in [1.165, 1.54) is 11.1 Å². The summed E-state index contributed by atoms with van der Waals surface area (Å²) in [6.07, 6.45) is -3.88. The zero-order valence-electron chi connectivity index (χ0n) is 22.4. The highest BCUT2D eigenvalue weighted by atomic mass is 35.5. The lowest BCUT2D eigenvalue weighted by Gasteiger charge is -2.37. The number of hydrogen-bond acceptors (Lipinski definition) is 5. The van der Waals surface area contributed by atoms with Crippen LogP contribution >= 0.6 is 11.6 Å². The molecular formula is C28H28ClF3N6O4. The normalized spacial score (nSPS) is 20.1. The van der Waals surface area contributed by atoms with Gasteiger partial charge in [0.2, 0.25) is 0 Å². The Morgan fingerprint density at radius 2 is 1.88 bits per heavy atom. The molecule has 0 saturated carbocycles. The number of amides is 4. The fourth-order valence-electron chi connectivity index (χ4n) is 6.05. The van der Waals surface area contributed by atoms with Crippen molar-refractivity contribution in [2.75, 3.05) is 31.5 Å². The first kappa shape index (κ1) is 28.1. The smallest absolute Gasteiger partial charge is 0.410 e. The zero-order chi connectivity index (χ0) is 29.6. The first-order valence-corrected chi connectivity index (χ1v) is 14.0. The standard InChI is InChI=1S/C28H28ClF3N6O4/c29-21-11-17-12-23(25(39)37(15-28(30,31)32)14-20(17)19-13-33-35-24(19)21)42-27(41)36-8-6-18(7-9-36)38-10-5-16-3-1-2-4-22(16)34-26(38)40/h1-4,11,13,18,23H,5-10,12,14-15H2,(H,33,35)(H,34,40)/t23-/m1/s1. The summed E-state index contributed by atoms with van der Waals surface area (Å²) in [4.78, 5) is 43.3. The van der Waals surface area contributed by atoms with Gasteiger partial charge in [-0.25, -0.2) is 9.59 Å². The van der Waals surface area contributed by atoms with Crippen molar-refractivity contribution >= 4 is 46.2 Å². The van der Waals surface area contributed by atoms with Crippen LogP contribution in [-0.2, 0) is 28.9 Å². The Hall–Kier alpha value is -4.00. The molecule has 4 heterocycles. The number of likely N-dealkylation sites (tertiary alicyclic amines) is 1. The highest BCUT2D eigenvalue weighted by molar-refractivity contribution is 6.35. The molecule has 0 aliphatic carbocycles. The van der Waals surface area contributed by atoms with Crippen molar-refractivity contribution in [1.82, 2.24) is 24.9 Å². The van der Waals surface area contributed by atoms with E-state index in [1.54, 1.807) is 11.0 Å². The number of nitrogens with zero attached hydrogens (tertiary/aromatic N) is 4. The number of alkyl halides is 3. The average Bonchev–Trinajstić information content (AvgIpc) is 3.34. The Morgan fingerprint density at radius 1 is 1.12 bits per heavy atom. The Labute approximate surface area is 243 Å². The topological polar surface area (TPSA) is 111 Å². The second kappa shape index (κ2) is 11.0. The summed E-state index contributed by atoms with van der Waals surface area (Å²) in [5.74, 6) is -0.930. The molecule has 1 fully saturated rings. The zero-order valence-corrected chi connectivity index (χ0v) is 23.2. The maximum absolute atomic E-state index is 13.5. The summed E-state index contributed by atoms with van der Waals surface area (Å²) in [7, 11) is 0. The van der Waals surface area contributed by atoms with Crippen LogP contribution in [0.25, 0.3) is 10.9 Å². The van der Waals surface area contributed by atoms with Gasteiger partial charge in [0.25, 0.3) is 5.91 Å². The quantitative estimate of drug-likeness (QED) is 0.449. The highest BCUT2D eigenvalue weighted by Gasteiger charge is 2.41. The van der Waals surface area contributed by atoms with Crippen LogP contribution in [0.1, 0.15) is 29.5 Å². The van der Waals surface area contributed by atoms with E-state index in [0.717, 1.165) is 11.3 Å². The number of aromatic nitrogens is 2. The number of rotatable bonds is 3. The number of benzene rings is 2. The Bertz CT molecular complexity index is 1540. The van der Waals surface area contributed by atoms with Crippen molar-refractivity contribution in [2.24, 2.45) is 0 Å². The number of H-pyrrole nitrogens is 1. The minimum atomic E-state index is -4.65. The van der Waals surface area contributed by atoms with Crippen LogP contribution in [-0.4, -0.2) is 87.4 Å². The number of para-hydroxylation sites is 1. The van der Waals surface area contributed by atoms with E-state index in [1.807, 2.05) is 24.3 Å². The summed E-state index contributed by atoms with van der Waals surface area (Å²) in [5, 5.41) is 10.4. The van der Waals surface area contributed by atoms with Crippen LogP contribution in [0.5, 0.6) is 0 Å². The second-order valence-corrected chi connectivity index (χ2v) is 11.2. The van der Waals surface area contributed by atoms with Gasteiger partial charge < -0.3 is 24.8 Å². The maximum atomic E-state index is 13.5. The largest absolute Gasteiger partial charge is 0.436 e. The van der Waals surface area contributed by atoms with Gasteiger partial charge in [-0.3, -0.25) is 9.89 Å². The summed E-state index contributed by atoms with van der Waals surface area (Å²) < 4.78 is 46.0. The number of aromatic amines is 1. The van der Waals surface area contributed by atoms with Crippen molar-refractivity contribution in [2.45, 2.75) is 50.6 Å². The van der Waals surface area contributed by atoms with E-state index in [4.69, 9.17) is 16.3 Å². The molecule has 0 radical (unpaired) electrons. The van der Waals surface area contributed by atoms with Gasteiger partial charge >= 0.3 is 18.3 Å². The third-order valence-corrected chi connectivity index (χ3v) is 8.45. The summed E-state index contributed by atoms with van der Waals surface area (Å²) in [5.41, 5.74) is 3.28. The molecule has 14 heteroatoms. The Morgan fingerprint density at radius 3 is 2.64 bits per heavy atom. The second-order valence-electron chi connectivity index (χ2n) is 10.8. The first-order chi connectivity index (χ1) is 20.1. The number of urea groups is 1. The number of nitrogens with one attached hydrogen (secondary N) is 2. The van der Waals surface area contributed by atoms with Gasteiger partial charge in [-0.15, -0.1) is 0 Å². The van der Waals surface area contributed by atoms with E-state index in [2.05, 4.69) is 15.5 Å². The molecule has 0 spiro atoms. The SMILES string of the molecule is O=C(O[C@@H]1Cc2cc(Cl)c3[nH]ncc3c2CN(CC(F)(F)F)C1=O)N1CCC(N2CCc3ccccc3NC2=O)CC1. The van der Waals surface area contributed by atoms with Crippen molar-refractivity contribution in [1.29, 1.82) is 0 Å². The molecule has 0 bridgehead atoms. The number of anilines is 1. The van der Waals surface area contributed by atoms with Crippen molar-refractivity contribution in [3.05, 3.63) is 58.2 Å². The maximum Gasteiger partial charge on any atom is 0.410 e. The van der Waals surface area contributed by atoms with Crippen molar-refractivity contribution < 1.29 is 32.3 Å². The summed E-state index contributed by atoms with van der Waals surface area (Å²) >= 11 is 6.37. The fourth-order valence-corrected chi connectivity index (χ4v) is 6.32. The Balaban J connectivity index is 1.15. The van der Waals surface area contributed by atoms with Gasteiger partial charge in [-0.2, -0.15) is 18.3 Å². The Kier molecular flexibility index (Phi) is 7.37. The van der Waals surface area contributed by atoms with Gasteiger partial charge in [0, 0.05) is 49.7 Å². The third kappa shape index (κ3) is 5.57. The number of piperidine rings is 1. The summed E-state index contributed by atoms with van der Waals surface area (Å²) in [6, 6.07) is 8.91. The molecule has 2 aromatic carbocycles. The van der Waals surface area contributed by atoms with Crippen LogP contribution in [0.3, 0.4) is 0 Å². The first-order valence-electron chi connectivity index (χ1n) is 13.7. The van der Waals surface area contributed by atoms with E-state index in [9.17, 15) is 27.6 Å². The molecule has 42 heavy (non-hydrogen) atoms. The molecule has 1 atom stereocenters. The molecule has 1 saturated heterocycles. The van der Waals surface area contributed by atoms with E-state index >= 15 is 0 Å². The lowest BCUT2D eigenvalue weighted by molar-refractivity contribution is -0.167. The molecule has 6 rings (SSSR count). The minimum Gasteiger partial charge on any atom is -0.436 e. The highest BCUT2D eigenvalue weighted by Crippen LogP contribution is 2.34. The molecule has 3 aliphatic rings. The number of halogens is 4. The summed E-state index contributed by atoms with van der Waals surface area (Å²) in [6.45, 7) is -0.747. The van der Waals surface area contributed by atoms with Gasteiger partial charge in [-0.05, 0) is 48.1 Å². The number of carbonyl (C=O) groups is 3.